The SMILES string of the molecule is CC(=O)Nc1ccc(S(=O)(=O)N(C)CC(=O)N/N=C\c2ccc(CNC(=O)C(=O)Nc3ccccc3)o2)cc1. The summed E-state index contributed by atoms with van der Waals surface area (Å²) in [4.78, 5) is 47.1. The highest BCUT2D eigenvalue weighted by molar-refractivity contribution is 7.89. The second-order valence-electron chi connectivity index (χ2n) is 8.07. The van der Waals surface area contributed by atoms with Crippen LogP contribution in [0.3, 0.4) is 0 Å². The summed E-state index contributed by atoms with van der Waals surface area (Å²) in [6.07, 6.45) is 1.20. The van der Waals surface area contributed by atoms with E-state index in [1.54, 1.807) is 36.4 Å². The summed E-state index contributed by atoms with van der Waals surface area (Å²) >= 11 is 0. The number of carbonyl (C=O) groups excluding carboxylic acids is 4. The Bertz CT molecular complexity index is 1470. The Morgan fingerprint density at radius 1 is 0.897 bits per heavy atom. The lowest BCUT2D eigenvalue weighted by molar-refractivity contribution is -0.136. The van der Waals surface area contributed by atoms with E-state index in [4.69, 9.17) is 4.42 Å². The number of sulfonamides is 1. The number of nitrogens with one attached hydrogen (secondary N) is 4. The van der Waals surface area contributed by atoms with E-state index in [1.165, 1.54) is 50.5 Å². The standard InChI is InChI=1S/C25H26N6O7S/c1-17(32)28-19-8-12-22(13-9-19)39(36,37)31(2)16-23(33)30-27-15-21-11-10-20(38-21)14-26-24(34)25(35)29-18-6-4-3-5-7-18/h3-13,15H,14,16H2,1-2H3,(H,26,34)(H,28,32)(H,29,35)(H,30,33)/b27-15-. The quantitative estimate of drug-likeness (QED) is 0.165. The van der Waals surface area contributed by atoms with E-state index >= 15 is 0 Å². The molecule has 14 heteroatoms. The molecule has 0 aliphatic rings. The molecule has 0 radical (unpaired) electrons. The highest BCUT2D eigenvalue weighted by Crippen LogP contribution is 2.17. The van der Waals surface area contributed by atoms with Gasteiger partial charge in [-0.15, -0.1) is 0 Å². The van der Waals surface area contributed by atoms with Crippen molar-refractivity contribution < 1.29 is 32.0 Å². The number of hydrogen-bond donors (Lipinski definition) is 4. The van der Waals surface area contributed by atoms with Gasteiger partial charge in [0.15, 0.2) is 0 Å². The van der Waals surface area contributed by atoms with Crippen LogP contribution in [-0.2, 0) is 35.7 Å². The molecule has 0 fully saturated rings. The van der Waals surface area contributed by atoms with Crippen LogP contribution in [0.1, 0.15) is 18.4 Å². The zero-order chi connectivity index (χ0) is 28.4. The third-order valence-electron chi connectivity index (χ3n) is 4.97. The summed E-state index contributed by atoms with van der Waals surface area (Å²) < 4.78 is 31.7. The molecule has 0 saturated carbocycles. The van der Waals surface area contributed by atoms with E-state index in [2.05, 4.69) is 26.5 Å². The van der Waals surface area contributed by atoms with Crippen LogP contribution in [0.4, 0.5) is 11.4 Å². The summed E-state index contributed by atoms with van der Waals surface area (Å²) in [7, 11) is -2.72. The number of likely N-dealkylation sites (N-methyl/N-ethyl adjacent to an activating group) is 1. The molecule has 13 nitrogen and oxygen atoms in total. The highest BCUT2D eigenvalue weighted by atomic mass is 32.2. The number of furan rings is 1. The Morgan fingerprint density at radius 2 is 1.56 bits per heavy atom. The minimum absolute atomic E-state index is 0.0526. The van der Waals surface area contributed by atoms with Crippen LogP contribution in [0, 0.1) is 0 Å². The molecule has 1 aromatic heterocycles. The number of rotatable bonds is 10. The summed E-state index contributed by atoms with van der Waals surface area (Å²) in [6.45, 7) is 0.767. The number of carbonyl (C=O) groups is 4. The molecular formula is C25H26N6O7S. The van der Waals surface area contributed by atoms with E-state index in [0.717, 1.165) is 4.31 Å². The van der Waals surface area contributed by atoms with E-state index in [9.17, 15) is 27.6 Å². The van der Waals surface area contributed by atoms with Crippen molar-refractivity contribution in [2.75, 3.05) is 24.2 Å². The monoisotopic (exact) mass is 554 g/mol. The fraction of sp³-hybridized carbons (Fsp3) is 0.160. The number of amides is 4. The third kappa shape index (κ3) is 8.62. The minimum Gasteiger partial charge on any atom is -0.458 e. The molecule has 3 aromatic rings. The van der Waals surface area contributed by atoms with Crippen molar-refractivity contribution >= 4 is 51.2 Å². The number of para-hydroxylation sites is 1. The fourth-order valence-corrected chi connectivity index (χ4v) is 4.23. The first kappa shape index (κ1) is 28.7. The third-order valence-corrected chi connectivity index (χ3v) is 6.79. The molecule has 0 saturated heterocycles. The van der Waals surface area contributed by atoms with E-state index in [0.29, 0.717) is 17.1 Å². The molecular weight excluding hydrogens is 528 g/mol. The van der Waals surface area contributed by atoms with Gasteiger partial charge in [-0.25, -0.2) is 13.8 Å². The Kier molecular flexibility index (Phi) is 9.67. The maximum absolute atomic E-state index is 12.7. The molecule has 0 atom stereocenters. The molecule has 0 unspecified atom stereocenters. The van der Waals surface area contributed by atoms with Crippen molar-refractivity contribution in [3.8, 4) is 0 Å². The van der Waals surface area contributed by atoms with Crippen molar-refractivity contribution in [2.24, 2.45) is 5.10 Å². The average Bonchev–Trinajstić information content (AvgIpc) is 3.35. The first-order valence-corrected chi connectivity index (χ1v) is 12.9. The van der Waals surface area contributed by atoms with Gasteiger partial charge in [0.05, 0.1) is 24.2 Å². The van der Waals surface area contributed by atoms with Crippen LogP contribution >= 0.6 is 0 Å². The molecule has 204 valence electrons. The Balaban J connectivity index is 1.45. The molecule has 1 heterocycles. The maximum Gasteiger partial charge on any atom is 0.313 e. The van der Waals surface area contributed by atoms with Gasteiger partial charge in [0, 0.05) is 25.3 Å². The van der Waals surface area contributed by atoms with Gasteiger partial charge >= 0.3 is 11.8 Å². The summed E-state index contributed by atoms with van der Waals surface area (Å²) in [5.74, 6) is -2.09. The van der Waals surface area contributed by atoms with E-state index in [1.807, 2.05) is 0 Å². The maximum atomic E-state index is 12.7. The first-order chi connectivity index (χ1) is 18.5. The molecule has 4 amide bonds. The van der Waals surface area contributed by atoms with Crippen molar-refractivity contribution in [3.05, 3.63) is 78.3 Å². The number of nitrogens with zero attached hydrogens (tertiary/aromatic N) is 2. The molecule has 0 aliphatic heterocycles. The van der Waals surface area contributed by atoms with Crippen LogP contribution < -0.4 is 21.4 Å². The molecule has 0 bridgehead atoms. The van der Waals surface area contributed by atoms with Gasteiger partial charge in [-0.3, -0.25) is 19.2 Å². The lowest BCUT2D eigenvalue weighted by atomic mass is 10.3. The van der Waals surface area contributed by atoms with Crippen LogP contribution in [0.5, 0.6) is 0 Å². The fourth-order valence-electron chi connectivity index (χ4n) is 3.10. The minimum atomic E-state index is -3.96. The van der Waals surface area contributed by atoms with Gasteiger partial charge in [0.25, 0.3) is 5.91 Å². The van der Waals surface area contributed by atoms with Crippen molar-refractivity contribution in [3.63, 3.8) is 0 Å². The average molecular weight is 555 g/mol. The topological polar surface area (TPSA) is 179 Å². The summed E-state index contributed by atoms with van der Waals surface area (Å²) in [6, 6.07) is 17.1. The van der Waals surface area contributed by atoms with Crippen LogP contribution in [0.25, 0.3) is 0 Å². The Hall–Kier alpha value is -4.82. The van der Waals surface area contributed by atoms with E-state index in [-0.39, 0.29) is 23.1 Å². The zero-order valence-corrected chi connectivity index (χ0v) is 21.8. The largest absolute Gasteiger partial charge is 0.458 e. The summed E-state index contributed by atoms with van der Waals surface area (Å²) in [5.41, 5.74) is 3.13. The van der Waals surface area contributed by atoms with Crippen LogP contribution in [-0.4, -0.2) is 56.2 Å². The van der Waals surface area contributed by atoms with Crippen molar-refractivity contribution in [1.29, 1.82) is 0 Å². The normalized spacial score (nSPS) is 11.3. The molecule has 0 spiro atoms. The summed E-state index contributed by atoms with van der Waals surface area (Å²) in [5, 5.41) is 11.2. The molecule has 3 rings (SSSR count). The molecule has 39 heavy (non-hydrogen) atoms. The highest BCUT2D eigenvalue weighted by Gasteiger charge is 2.23. The molecule has 4 N–H and O–H groups in total. The lowest BCUT2D eigenvalue weighted by Gasteiger charge is -2.16. The second kappa shape index (κ2) is 13.1. The number of hydrogen-bond acceptors (Lipinski definition) is 8. The van der Waals surface area contributed by atoms with Crippen molar-refractivity contribution in [2.45, 2.75) is 18.4 Å². The Labute approximate surface area is 224 Å². The van der Waals surface area contributed by atoms with Gasteiger partial charge in [0.1, 0.15) is 11.5 Å². The number of benzene rings is 2. The second-order valence-corrected chi connectivity index (χ2v) is 10.1. The predicted molar refractivity (Wildman–Crippen MR) is 142 cm³/mol. The number of hydrazone groups is 1. The first-order valence-electron chi connectivity index (χ1n) is 11.4. The van der Waals surface area contributed by atoms with Gasteiger partial charge in [0.2, 0.25) is 15.9 Å². The van der Waals surface area contributed by atoms with Crippen LogP contribution in [0.15, 0.2) is 81.1 Å². The van der Waals surface area contributed by atoms with Gasteiger partial charge in [-0.2, -0.15) is 9.41 Å². The van der Waals surface area contributed by atoms with Gasteiger partial charge < -0.3 is 20.4 Å². The predicted octanol–water partition coefficient (Wildman–Crippen LogP) is 1.26. The van der Waals surface area contributed by atoms with E-state index < -0.39 is 34.3 Å². The van der Waals surface area contributed by atoms with Crippen LogP contribution in [0.2, 0.25) is 0 Å². The van der Waals surface area contributed by atoms with Gasteiger partial charge in [-0.05, 0) is 48.5 Å². The molecule has 2 aromatic carbocycles. The smallest absolute Gasteiger partial charge is 0.313 e. The zero-order valence-electron chi connectivity index (χ0n) is 21.0. The number of anilines is 2. The van der Waals surface area contributed by atoms with Gasteiger partial charge in [-0.1, -0.05) is 18.2 Å². The lowest BCUT2D eigenvalue weighted by Crippen LogP contribution is -2.36. The molecule has 0 aliphatic carbocycles. The Morgan fingerprint density at radius 3 is 2.23 bits per heavy atom. The van der Waals surface area contributed by atoms with Crippen molar-refractivity contribution in [1.82, 2.24) is 15.0 Å².